The van der Waals surface area contributed by atoms with Gasteiger partial charge in [0.2, 0.25) is 6.23 Å². The molecule has 9 heteroatoms. The minimum Gasteiger partial charge on any atom is -0.430 e. The van der Waals surface area contributed by atoms with Gasteiger partial charge in [-0.25, -0.2) is 9.59 Å². The van der Waals surface area contributed by atoms with Crippen molar-refractivity contribution < 1.29 is 19.2 Å². The van der Waals surface area contributed by atoms with Gasteiger partial charge in [0.15, 0.2) is 0 Å². The molecule has 3 heterocycles. The van der Waals surface area contributed by atoms with Crippen LogP contribution in [-0.2, 0) is 19.2 Å². The zero-order valence-corrected chi connectivity index (χ0v) is 12.9. The van der Waals surface area contributed by atoms with Gasteiger partial charge < -0.3 is 9.57 Å². The number of hydroxylamine groups is 2. The molecular weight excluding hydrogens is 314 g/mol. The van der Waals surface area contributed by atoms with Crippen LogP contribution in [-0.4, -0.2) is 44.3 Å². The molecule has 0 aliphatic carbocycles. The van der Waals surface area contributed by atoms with Gasteiger partial charge in [0.25, 0.3) is 0 Å². The fourth-order valence-corrected chi connectivity index (χ4v) is 3.63. The average Bonchev–Trinajstić information content (AvgIpc) is 2.94. The van der Waals surface area contributed by atoms with Crippen LogP contribution in [0.5, 0.6) is 0 Å². The molecule has 2 aliphatic rings. The summed E-state index contributed by atoms with van der Waals surface area (Å²) in [7, 11) is 0. The molecule has 0 radical (unpaired) electrons. The molecule has 0 saturated carbocycles. The summed E-state index contributed by atoms with van der Waals surface area (Å²) in [5.41, 5.74) is 1.44. The first kappa shape index (κ1) is 14.5. The van der Waals surface area contributed by atoms with Gasteiger partial charge in [-0.2, -0.15) is 8.75 Å². The highest BCUT2D eigenvalue weighted by molar-refractivity contribution is 7.99. The summed E-state index contributed by atoms with van der Waals surface area (Å²) < 4.78 is 13.8. The minimum atomic E-state index is -0.982. The molecule has 1 aromatic heterocycles. The molecule has 112 valence electrons. The van der Waals surface area contributed by atoms with Crippen LogP contribution in [0.4, 0.5) is 0 Å². The number of fused-ring (bicyclic) bond motifs is 1. The lowest BCUT2D eigenvalue weighted by Gasteiger charge is -2.35. The SMILES string of the molecule is CCCSc1nsnc1C1=CCCN2OC(=O)C(=O)OC12. The van der Waals surface area contributed by atoms with Gasteiger partial charge in [0.05, 0.1) is 11.7 Å². The molecule has 3 rings (SSSR count). The Labute approximate surface area is 129 Å². The molecule has 1 saturated heterocycles. The summed E-state index contributed by atoms with van der Waals surface area (Å²) in [5.74, 6) is -1.02. The van der Waals surface area contributed by atoms with Crippen molar-refractivity contribution in [1.29, 1.82) is 0 Å². The summed E-state index contributed by atoms with van der Waals surface area (Å²) >= 11 is 2.74. The summed E-state index contributed by atoms with van der Waals surface area (Å²) in [6.07, 6.45) is 2.95. The first-order valence-corrected chi connectivity index (χ1v) is 8.27. The number of esters is 1. The second-order valence-electron chi connectivity index (χ2n) is 4.49. The molecule has 0 spiro atoms. The van der Waals surface area contributed by atoms with E-state index in [1.165, 1.54) is 5.06 Å². The molecule has 1 unspecified atom stereocenters. The van der Waals surface area contributed by atoms with E-state index >= 15 is 0 Å². The van der Waals surface area contributed by atoms with Crippen LogP contribution >= 0.6 is 23.5 Å². The normalized spacial score (nSPS) is 22.3. The van der Waals surface area contributed by atoms with E-state index in [1.807, 2.05) is 6.08 Å². The Hall–Kier alpha value is -1.45. The third-order valence-corrected chi connectivity index (χ3v) is 4.82. The Morgan fingerprint density at radius 1 is 1.43 bits per heavy atom. The largest absolute Gasteiger partial charge is 0.436 e. The molecule has 1 aromatic rings. The monoisotopic (exact) mass is 327 g/mol. The zero-order chi connectivity index (χ0) is 14.8. The van der Waals surface area contributed by atoms with E-state index in [-0.39, 0.29) is 0 Å². The molecule has 2 aliphatic heterocycles. The van der Waals surface area contributed by atoms with E-state index in [0.29, 0.717) is 18.7 Å². The Morgan fingerprint density at radius 3 is 3.10 bits per heavy atom. The van der Waals surface area contributed by atoms with Crippen LogP contribution < -0.4 is 0 Å². The van der Waals surface area contributed by atoms with Crippen LogP contribution in [0.1, 0.15) is 25.5 Å². The maximum absolute atomic E-state index is 11.4. The minimum absolute atomic E-state index is 0.488. The lowest BCUT2D eigenvalue weighted by molar-refractivity contribution is -0.254. The van der Waals surface area contributed by atoms with Crippen LogP contribution in [0.15, 0.2) is 11.1 Å². The highest BCUT2D eigenvalue weighted by Crippen LogP contribution is 2.34. The number of aromatic nitrogens is 2. The quantitative estimate of drug-likeness (QED) is 0.467. The Morgan fingerprint density at radius 2 is 2.29 bits per heavy atom. The number of carbonyl (C=O) groups is 2. The van der Waals surface area contributed by atoms with Gasteiger partial charge in [-0.15, -0.1) is 11.8 Å². The number of thioether (sulfide) groups is 1. The summed E-state index contributed by atoms with van der Waals surface area (Å²) in [6, 6.07) is 0. The van der Waals surface area contributed by atoms with Crippen molar-refractivity contribution in [3.05, 3.63) is 11.8 Å². The summed E-state index contributed by atoms with van der Waals surface area (Å²) in [4.78, 5) is 27.7. The molecule has 0 N–H and O–H groups in total. The number of rotatable bonds is 4. The topological polar surface area (TPSA) is 81.6 Å². The number of carbonyl (C=O) groups excluding carboxylic acids is 2. The van der Waals surface area contributed by atoms with E-state index < -0.39 is 18.2 Å². The van der Waals surface area contributed by atoms with Crippen LogP contribution in [0.25, 0.3) is 5.57 Å². The maximum atomic E-state index is 11.4. The van der Waals surface area contributed by atoms with Crippen LogP contribution in [0.3, 0.4) is 0 Å². The second kappa shape index (κ2) is 6.12. The average molecular weight is 327 g/mol. The first-order chi connectivity index (χ1) is 10.2. The van der Waals surface area contributed by atoms with E-state index in [1.54, 1.807) is 11.8 Å². The fraction of sp³-hybridized carbons (Fsp3) is 0.500. The van der Waals surface area contributed by atoms with Gasteiger partial charge in [0.1, 0.15) is 10.7 Å². The van der Waals surface area contributed by atoms with Crippen molar-refractivity contribution in [2.24, 2.45) is 0 Å². The van der Waals surface area contributed by atoms with Crippen LogP contribution in [0, 0.1) is 0 Å². The number of hydrogen-bond acceptors (Lipinski definition) is 9. The van der Waals surface area contributed by atoms with Gasteiger partial charge >= 0.3 is 11.9 Å². The highest BCUT2D eigenvalue weighted by Gasteiger charge is 2.41. The zero-order valence-electron chi connectivity index (χ0n) is 11.3. The van der Waals surface area contributed by atoms with Gasteiger partial charge in [0, 0.05) is 12.1 Å². The number of ether oxygens (including phenoxy) is 1. The van der Waals surface area contributed by atoms with E-state index in [4.69, 9.17) is 9.57 Å². The maximum Gasteiger partial charge on any atom is 0.436 e. The highest BCUT2D eigenvalue weighted by atomic mass is 32.2. The molecule has 0 bridgehead atoms. The smallest absolute Gasteiger partial charge is 0.430 e. The fourth-order valence-electron chi connectivity index (χ4n) is 2.09. The predicted molar refractivity (Wildman–Crippen MR) is 76.2 cm³/mol. The van der Waals surface area contributed by atoms with Crippen molar-refractivity contribution in [1.82, 2.24) is 13.8 Å². The predicted octanol–water partition coefficient (Wildman–Crippen LogP) is 1.47. The Bertz CT molecular complexity index is 601. The molecule has 1 atom stereocenters. The van der Waals surface area contributed by atoms with Gasteiger partial charge in [-0.1, -0.05) is 18.1 Å². The second-order valence-corrected chi connectivity index (χ2v) is 6.10. The Kier molecular flexibility index (Phi) is 4.22. The standard InChI is InChI=1S/C12H13N3O4S2/c1-2-6-20-9-8(13-21-14-9)7-4-3-5-15-10(7)18-11(16)12(17)19-15/h4,10H,2-3,5-6H2,1H3. The van der Waals surface area contributed by atoms with Crippen molar-refractivity contribution in [2.45, 2.75) is 31.0 Å². The first-order valence-electron chi connectivity index (χ1n) is 6.56. The van der Waals surface area contributed by atoms with Crippen molar-refractivity contribution in [3.63, 3.8) is 0 Å². The van der Waals surface area contributed by atoms with E-state index in [2.05, 4.69) is 15.7 Å². The lowest BCUT2D eigenvalue weighted by Crippen LogP contribution is -2.50. The molecule has 7 nitrogen and oxygen atoms in total. The number of nitrogens with zero attached hydrogens (tertiary/aromatic N) is 3. The lowest BCUT2D eigenvalue weighted by atomic mass is 10.1. The van der Waals surface area contributed by atoms with Crippen molar-refractivity contribution in [3.8, 4) is 0 Å². The van der Waals surface area contributed by atoms with Crippen molar-refractivity contribution >= 4 is 41.0 Å². The van der Waals surface area contributed by atoms with Gasteiger partial charge in [-0.3, -0.25) is 0 Å². The molecule has 0 amide bonds. The van der Waals surface area contributed by atoms with E-state index in [0.717, 1.165) is 34.5 Å². The molecular formula is C12H13N3O4S2. The third-order valence-electron chi connectivity index (χ3n) is 3.00. The molecule has 21 heavy (non-hydrogen) atoms. The molecule has 0 aromatic carbocycles. The summed E-state index contributed by atoms with van der Waals surface area (Å²) in [6.45, 7) is 2.58. The van der Waals surface area contributed by atoms with Gasteiger partial charge in [-0.05, 0) is 18.6 Å². The molecule has 1 fully saturated rings. The number of hydrogen-bond donors (Lipinski definition) is 0. The Balaban J connectivity index is 1.87. The summed E-state index contributed by atoms with van der Waals surface area (Å²) in [5, 5.41) is 2.20. The van der Waals surface area contributed by atoms with Crippen molar-refractivity contribution in [2.75, 3.05) is 12.3 Å². The van der Waals surface area contributed by atoms with E-state index in [9.17, 15) is 9.59 Å². The third kappa shape index (κ3) is 2.81. The van der Waals surface area contributed by atoms with Crippen LogP contribution in [0.2, 0.25) is 0 Å².